The number of nitrogens with zero attached hydrogens (tertiary/aromatic N) is 1. The summed E-state index contributed by atoms with van der Waals surface area (Å²) in [6, 6.07) is 7.30. The molecule has 1 aromatic carbocycles. The molecule has 0 spiro atoms. The smallest absolute Gasteiger partial charge is 0.269 e. The second kappa shape index (κ2) is 6.09. The summed E-state index contributed by atoms with van der Waals surface area (Å²) in [5.41, 5.74) is 2.41. The molecule has 1 heterocycles. The summed E-state index contributed by atoms with van der Waals surface area (Å²) in [5, 5.41) is 5.49. The van der Waals surface area contributed by atoms with Gasteiger partial charge in [0.1, 0.15) is 5.69 Å². The lowest BCUT2D eigenvalue weighted by Gasteiger charge is -2.08. The highest BCUT2D eigenvalue weighted by molar-refractivity contribution is 9.10. The average Bonchev–Trinajstić information content (AvgIpc) is 2.75. The van der Waals surface area contributed by atoms with Crippen molar-refractivity contribution < 1.29 is 4.79 Å². The molecule has 20 heavy (non-hydrogen) atoms. The Bertz CT molecular complexity index is 688. The molecule has 0 aliphatic heterocycles. The van der Waals surface area contributed by atoms with Crippen LogP contribution in [0.5, 0.6) is 0 Å². The van der Waals surface area contributed by atoms with E-state index in [-0.39, 0.29) is 17.2 Å². The van der Waals surface area contributed by atoms with Crippen molar-refractivity contribution in [3.63, 3.8) is 0 Å². The molecular weight excluding hydrogens is 322 g/mol. The summed E-state index contributed by atoms with van der Waals surface area (Å²) in [6.45, 7) is 2.56. The zero-order chi connectivity index (χ0) is 14.7. The molecule has 106 valence electrons. The molecule has 0 radical (unpaired) electrons. The third-order valence-corrected chi connectivity index (χ3v) is 4.05. The fourth-order valence-corrected chi connectivity index (χ4v) is 2.34. The summed E-state index contributed by atoms with van der Waals surface area (Å²) < 4.78 is 2.33. The first-order valence-electron chi connectivity index (χ1n) is 6.27. The maximum absolute atomic E-state index is 11.8. The van der Waals surface area contributed by atoms with E-state index in [2.05, 4.69) is 26.3 Å². The fourth-order valence-electron chi connectivity index (χ4n) is 1.93. The van der Waals surface area contributed by atoms with Crippen LogP contribution in [0.25, 0.3) is 0 Å². The van der Waals surface area contributed by atoms with Gasteiger partial charge in [0.25, 0.3) is 11.5 Å². The summed E-state index contributed by atoms with van der Waals surface area (Å²) in [6.07, 6.45) is 0.744. The third-order valence-electron chi connectivity index (χ3n) is 3.19. The number of H-pyrrole nitrogens is 1. The van der Waals surface area contributed by atoms with E-state index in [9.17, 15) is 9.59 Å². The van der Waals surface area contributed by atoms with Gasteiger partial charge in [-0.05, 0) is 30.5 Å². The normalized spacial score (nSPS) is 10.6. The van der Waals surface area contributed by atoms with Crippen LogP contribution in [-0.2, 0) is 13.5 Å². The number of aromatic amines is 1. The molecule has 6 heteroatoms. The average molecular weight is 338 g/mol. The predicted octanol–water partition coefficient (Wildman–Crippen LogP) is 1.76. The molecule has 0 atom stereocenters. The van der Waals surface area contributed by atoms with E-state index in [1.54, 1.807) is 7.05 Å². The summed E-state index contributed by atoms with van der Waals surface area (Å²) >= 11 is 3.48. The van der Waals surface area contributed by atoms with Crippen LogP contribution in [0, 0.1) is 6.92 Å². The molecule has 0 aliphatic rings. The number of amides is 1. The highest BCUT2D eigenvalue weighted by Gasteiger charge is 2.09. The number of nitrogens with one attached hydrogen (secondary N) is 2. The van der Waals surface area contributed by atoms with Gasteiger partial charge in [0.15, 0.2) is 0 Å². The van der Waals surface area contributed by atoms with E-state index in [1.165, 1.54) is 21.9 Å². The second-order valence-corrected chi connectivity index (χ2v) is 5.45. The SMILES string of the molecule is Cc1c(Br)cccc1CCNC(=O)c1cc(=O)n(C)[nH]1. The van der Waals surface area contributed by atoms with Crippen LogP contribution in [0.1, 0.15) is 21.6 Å². The Labute approximate surface area is 125 Å². The molecule has 2 N–H and O–H groups in total. The van der Waals surface area contributed by atoms with E-state index >= 15 is 0 Å². The van der Waals surface area contributed by atoms with E-state index < -0.39 is 0 Å². The van der Waals surface area contributed by atoms with Crippen molar-refractivity contribution in [2.75, 3.05) is 6.54 Å². The quantitative estimate of drug-likeness (QED) is 0.892. The second-order valence-electron chi connectivity index (χ2n) is 4.60. The molecule has 0 bridgehead atoms. The first kappa shape index (κ1) is 14.6. The van der Waals surface area contributed by atoms with E-state index in [1.807, 2.05) is 25.1 Å². The Morgan fingerprint density at radius 3 is 2.85 bits per heavy atom. The van der Waals surface area contributed by atoms with Crippen molar-refractivity contribution in [3.8, 4) is 0 Å². The van der Waals surface area contributed by atoms with Gasteiger partial charge in [-0.3, -0.25) is 19.4 Å². The molecule has 0 saturated heterocycles. The van der Waals surface area contributed by atoms with Crippen molar-refractivity contribution in [1.82, 2.24) is 15.1 Å². The van der Waals surface area contributed by atoms with Crippen molar-refractivity contribution >= 4 is 21.8 Å². The Morgan fingerprint density at radius 2 is 2.20 bits per heavy atom. The van der Waals surface area contributed by atoms with Gasteiger partial charge in [-0.25, -0.2) is 0 Å². The molecule has 2 aromatic rings. The molecule has 0 unspecified atom stereocenters. The third kappa shape index (κ3) is 3.19. The van der Waals surface area contributed by atoms with Crippen LogP contribution in [-0.4, -0.2) is 22.2 Å². The first-order valence-corrected chi connectivity index (χ1v) is 7.06. The van der Waals surface area contributed by atoms with Crippen molar-refractivity contribution in [2.24, 2.45) is 7.05 Å². The van der Waals surface area contributed by atoms with Crippen molar-refractivity contribution in [1.29, 1.82) is 0 Å². The number of rotatable bonds is 4. The van der Waals surface area contributed by atoms with Gasteiger partial charge >= 0.3 is 0 Å². The topological polar surface area (TPSA) is 66.9 Å². The van der Waals surface area contributed by atoms with Gasteiger partial charge in [0.2, 0.25) is 0 Å². The number of halogens is 1. The number of aromatic nitrogens is 2. The molecular formula is C14H16BrN3O2. The van der Waals surface area contributed by atoms with E-state index in [0.717, 1.165) is 10.9 Å². The van der Waals surface area contributed by atoms with Crippen LogP contribution in [0.15, 0.2) is 33.5 Å². The monoisotopic (exact) mass is 337 g/mol. The maximum atomic E-state index is 11.8. The number of aryl methyl sites for hydroxylation is 1. The van der Waals surface area contributed by atoms with Gasteiger partial charge in [0, 0.05) is 24.1 Å². The number of benzene rings is 1. The highest BCUT2D eigenvalue weighted by Crippen LogP contribution is 2.19. The Kier molecular flexibility index (Phi) is 4.44. The minimum absolute atomic E-state index is 0.224. The Hall–Kier alpha value is -1.82. The molecule has 5 nitrogen and oxygen atoms in total. The van der Waals surface area contributed by atoms with Crippen LogP contribution < -0.4 is 10.9 Å². The van der Waals surface area contributed by atoms with Gasteiger partial charge in [0.05, 0.1) is 0 Å². The van der Waals surface area contributed by atoms with Gasteiger partial charge in [-0.1, -0.05) is 28.1 Å². The lowest BCUT2D eigenvalue weighted by Crippen LogP contribution is -2.26. The van der Waals surface area contributed by atoms with E-state index in [4.69, 9.17) is 0 Å². The molecule has 1 aromatic heterocycles. The number of carbonyl (C=O) groups is 1. The lowest BCUT2D eigenvalue weighted by atomic mass is 10.1. The minimum atomic E-state index is -0.268. The van der Waals surface area contributed by atoms with Gasteiger partial charge in [-0.2, -0.15) is 0 Å². The molecule has 0 saturated carbocycles. The zero-order valence-corrected chi connectivity index (χ0v) is 13.0. The number of hydrogen-bond acceptors (Lipinski definition) is 2. The standard InChI is InChI=1S/C14H16BrN3O2/c1-9-10(4-3-5-11(9)15)6-7-16-14(20)12-8-13(19)18(2)17-12/h3-5,8,17H,6-7H2,1-2H3,(H,16,20). The minimum Gasteiger partial charge on any atom is -0.350 e. The van der Waals surface area contributed by atoms with Crippen molar-refractivity contribution in [2.45, 2.75) is 13.3 Å². The first-order chi connectivity index (χ1) is 9.49. The fraction of sp³-hybridized carbons (Fsp3) is 0.286. The van der Waals surface area contributed by atoms with Crippen LogP contribution >= 0.6 is 15.9 Å². The highest BCUT2D eigenvalue weighted by atomic mass is 79.9. The van der Waals surface area contributed by atoms with Crippen LogP contribution in [0.2, 0.25) is 0 Å². The molecule has 0 fully saturated rings. The van der Waals surface area contributed by atoms with Crippen LogP contribution in [0.4, 0.5) is 0 Å². The largest absolute Gasteiger partial charge is 0.350 e. The number of carbonyl (C=O) groups excluding carboxylic acids is 1. The van der Waals surface area contributed by atoms with Crippen LogP contribution in [0.3, 0.4) is 0 Å². The maximum Gasteiger partial charge on any atom is 0.269 e. The lowest BCUT2D eigenvalue weighted by molar-refractivity contribution is 0.0948. The van der Waals surface area contributed by atoms with Gasteiger partial charge in [-0.15, -0.1) is 0 Å². The summed E-state index contributed by atoms with van der Waals surface area (Å²) in [5.74, 6) is -0.268. The summed E-state index contributed by atoms with van der Waals surface area (Å²) in [4.78, 5) is 23.1. The predicted molar refractivity (Wildman–Crippen MR) is 80.9 cm³/mol. The van der Waals surface area contributed by atoms with Gasteiger partial charge < -0.3 is 5.32 Å². The Balaban J connectivity index is 1.94. The Morgan fingerprint density at radius 1 is 1.45 bits per heavy atom. The van der Waals surface area contributed by atoms with Crippen molar-refractivity contribution in [3.05, 3.63) is 55.9 Å². The molecule has 2 rings (SSSR count). The number of hydrogen-bond donors (Lipinski definition) is 2. The van der Waals surface area contributed by atoms with E-state index in [0.29, 0.717) is 6.54 Å². The molecule has 0 aliphatic carbocycles. The molecule has 1 amide bonds. The summed E-state index contributed by atoms with van der Waals surface area (Å²) in [7, 11) is 1.57. The zero-order valence-electron chi connectivity index (χ0n) is 11.4.